The van der Waals surface area contributed by atoms with Crippen molar-refractivity contribution in [3.63, 3.8) is 0 Å². The molecule has 1 N–H and O–H groups in total. The number of hydrogen-bond donors (Lipinski definition) is 1. The Morgan fingerprint density at radius 2 is 1.94 bits per heavy atom. The lowest BCUT2D eigenvalue weighted by atomic mass is 9.84. The Morgan fingerprint density at radius 1 is 1.21 bits per heavy atom. The minimum absolute atomic E-state index is 0.0339. The standard InChI is InChI=1S/C25H25ClFN3O3S/c1-25(12-13-34(32,33)15-25)28-24(31)16-6-11-20-22(14-16)30(18-9-7-17(27)8-10-18)29-23(20)19-4-2-3-5-21(19)26/h2-5,7-10,16H,6,11-15H2,1H3,(H,28,31)/t16-,25+/m1/s1. The zero-order valence-corrected chi connectivity index (χ0v) is 20.3. The van der Waals surface area contributed by atoms with Crippen LogP contribution in [0, 0.1) is 11.7 Å². The third-order valence-corrected chi connectivity index (χ3v) is 9.00. The summed E-state index contributed by atoms with van der Waals surface area (Å²) in [6, 6.07) is 13.6. The van der Waals surface area contributed by atoms with Crippen LogP contribution < -0.4 is 5.32 Å². The molecule has 0 bridgehead atoms. The van der Waals surface area contributed by atoms with Gasteiger partial charge >= 0.3 is 0 Å². The highest BCUT2D eigenvalue weighted by Gasteiger charge is 2.41. The topological polar surface area (TPSA) is 81.1 Å². The van der Waals surface area contributed by atoms with Crippen molar-refractivity contribution in [1.82, 2.24) is 15.1 Å². The van der Waals surface area contributed by atoms with E-state index in [4.69, 9.17) is 16.7 Å². The molecule has 0 radical (unpaired) electrons. The molecule has 1 aliphatic carbocycles. The number of benzene rings is 2. The van der Waals surface area contributed by atoms with Gasteiger partial charge in [-0.3, -0.25) is 4.79 Å². The van der Waals surface area contributed by atoms with Crippen molar-refractivity contribution in [1.29, 1.82) is 0 Å². The maximum absolute atomic E-state index is 13.6. The van der Waals surface area contributed by atoms with Crippen LogP contribution >= 0.6 is 11.6 Å². The smallest absolute Gasteiger partial charge is 0.223 e. The van der Waals surface area contributed by atoms with Crippen molar-refractivity contribution in [2.45, 2.75) is 38.1 Å². The molecule has 1 amide bonds. The SMILES string of the molecule is C[C@]1(NC(=O)[C@@H]2CCc3c(-c4ccccc4Cl)nn(-c4ccc(F)cc4)c3C2)CCS(=O)(=O)C1. The van der Waals surface area contributed by atoms with E-state index < -0.39 is 15.4 Å². The number of amides is 1. The average Bonchev–Trinajstić information content (AvgIpc) is 3.30. The third kappa shape index (κ3) is 4.36. The molecule has 5 rings (SSSR count). The van der Waals surface area contributed by atoms with Gasteiger partial charge in [-0.15, -0.1) is 0 Å². The second-order valence-electron chi connectivity index (χ2n) is 9.47. The van der Waals surface area contributed by atoms with Crippen molar-refractivity contribution in [2.75, 3.05) is 11.5 Å². The molecule has 2 heterocycles. The number of carbonyl (C=O) groups excluding carboxylic acids is 1. The first kappa shape index (κ1) is 23.1. The highest BCUT2D eigenvalue weighted by atomic mass is 35.5. The Morgan fingerprint density at radius 3 is 2.62 bits per heavy atom. The van der Waals surface area contributed by atoms with E-state index in [1.54, 1.807) is 23.7 Å². The van der Waals surface area contributed by atoms with Crippen LogP contribution in [0.15, 0.2) is 48.5 Å². The molecule has 0 saturated carbocycles. The van der Waals surface area contributed by atoms with Crippen molar-refractivity contribution < 1.29 is 17.6 Å². The van der Waals surface area contributed by atoms with E-state index in [9.17, 15) is 17.6 Å². The zero-order valence-electron chi connectivity index (χ0n) is 18.7. The molecule has 6 nitrogen and oxygen atoms in total. The van der Waals surface area contributed by atoms with E-state index in [1.165, 1.54) is 12.1 Å². The van der Waals surface area contributed by atoms with E-state index in [0.29, 0.717) is 36.4 Å². The number of rotatable bonds is 4. The zero-order chi connectivity index (χ0) is 24.1. The Balaban J connectivity index is 1.50. The third-order valence-electron chi connectivity index (χ3n) is 6.77. The minimum Gasteiger partial charge on any atom is -0.350 e. The second-order valence-corrected chi connectivity index (χ2v) is 12.1. The Kier molecular flexibility index (Phi) is 5.76. The fourth-order valence-corrected chi connectivity index (χ4v) is 7.33. The monoisotopic (exact) mass is 501 g/mol. The van der Waals surface area contributed by atoms with Gasteiger partial charge in [-0.1, -0.05) is 29.8 Å². The van der Waals surface area contributed by atoms with Gasteiger partial charge in [0.1, 0.15) is 5.82 Å². The number of aromatic nitrogens is 2. The number of fused-ring (bicyclic) bond motifs is 1. The molecular weight excluding hydrogens is 477 g/mol. The molecule has 2 atom stereocenters. The Bertz CT molecular complexity index is 1370. The summed E-state index contributed by atoms with van der Waals surface area (Å²) in [6.07, 6.45) is 2.11. The van der Waals surface area contributed by atoms with Crippen LogP contribution in [0.3, 0.4) is 0 Å². The van der Waals surface area contributed by atoms with Gasteiger partial charge in [0, 0.05) is 29.2 Å². The molecule has 34 heavy (non-hydrogen) atoms. The first-order chi connectivity index (χ1) is 16.1. The van der Waals surface area contributed by atoms with Gasteiger partial charge in [-0.2, -0.15) is 5.10 Å². The van der Waals surface area contributed by atoms with Crippen LogP contribution in [-0.4, -0.2) is 41.2 Å². The van der Waals surface area contributed by atoms with E-state index in [0.717, 1.165) is 22.5 Å². The summed E-state index contributed by atoms with van der Waals surface area (Å²) in [6.45, 7) is 1.79. The summed E-state index contributed by atoms with van der Waals surface area (Å²) < 4.78 is 39.3. The van der Waals surface area contributed by atoms with Crippen molar-refractivity contribution in [3.8, 4) is 16.9 Å². The fourth-order valence-electron chi connectivity index (χ4n) is 5.01. The van der Waals surface area contributed by atoms with E-state index in [-0.39, 0.29) is 29.1 Å². The van der Waals surface area contributed by atoms with E-state index in [2.05, 4.69) is 5.32 Å². The number of hydrogen-bond acceptors (Lipinski definition) is 4. The van der Waals surface area contributed by atoms with Crippen LogP contribution in [0.2, 0.25) is 5.02 Å². The molecule has 0 unspecified atom stereocenters. The lowest BCUT2D eigenvalue weighted by Crippen LogP contribution is -2.50. The molecule has 2 aromatic carbocycles. The number of halogens is 2. The van der Waals surface area contributed by atoms with Crippen LogP contribution in [0.5, 0.6) is 0 Å². The molecule has 9 heteroatoms. The summed E-state index contributed by atoms with van der Waals surface area (Å²) in [5.74, 6) is -0.738. The molecular formula is C25H25ClFN3O3S. The Hall–Kier alpha value is -2.71. The summed E-state index contributed by atoms with van der Waals surface area (Å²) in [4.78, 5) is 13.2. The molecule has 1 fully saturated rings. The summed E-state index contributed by atoms with van der Waals surface area (Å²) in [5, 5.41) is 8.45. The number of nitrogens with one attached hydrogen (secondary N) is 1. The van der Waals surface area contributed by atoms with Gasteiger partial charge in [0.25, 0.3) is 0 Å². The van der Waals surface area contributed by atoms with Crippen molar-refractivity contribution >= 4 is 27.3 Å². The summed E-state index contributed by atoms with van der Waals surface area (Å²) >= 11 is 6.48. The molecule has 3 aromatic rings. The number of nitrogens with zero attached hydrogens (tertiary/aromatic N) is 2. The quantitative estimate of drug-likeness (QED) is 0.583. The van der Waals surface area contributed by atoms with Gasteiger partial charge < -0.3 is 5.32 Å². The molecule has 1 aliphatic heterocycles. The van der Waals surface area contributed by atoms with Gasteiger partial charge in [-0.05, 0) is 56.5 Å². The highest BCUT2D eigenvalue weighted by Crippen LogP contribution is 2.38. The molecule has 1 saturated heterocycles. The maximum Gasteiger partial charge on any atom is 0.223 e. The number of carbonyl (C=O) groups is 1. The maximum atomic E-state index is 13.6. The first-order valence-corrected chi connectivity index (χ1v) is 13.5. The number of sulfone groups is 1. The normalized spacial score (nSPS) is 23.4. The second kappa shape index (κ2) is 8.50. The van der Waals surface area contributed by atoms with Crippen LogP contribution in [0.25, 0.3) is 16.9 Å². The van der Waals surface area contributed by atoms with Gasteiger partial charge in [-0.25, -0.2) is 17.5 Å². The molecule has 0 spiro atoms. The van der Waals surface area contributed by atoms with Crippen LogP contribution in [0.1, 0.15) is 31.0 Å². The summed E-state index contributed by atoms with van der Waals surface area (Å²) in [7, 11) is -3.13. The van der Waals surface area contributed by atoms with Crippen LogP contribution in [0.4, 0.5) is 4.39 Å². The molecule has 2 aliphatic rings. The van der Waals surface area contributed by atoms with Gasteiger partial charge in [0.15, 0.2) is 9.84 Å². The highest BCUT2D eigenvalue weighted by molar-refractivity contribution is 7.91. The van der Waals surface area contributed by atoms with Crippen molar-refractivity contribution in [2.24, 2.45) is 5.92 Å². The van der Waals surface area contributed by atoms with Gasteiger partial charge in [0.05, 0.1) is 33.4 Å². The Labute approximate surface area is 203 Å². The largest absolute Gasteiger partial charge is 0.350 e. The predicted molar refractivity (Wildman–Crippen MR) is 129 cm³/mol. The first-order valence-electron chi connectivity index (χ1n) is 11.3. The average molecular weight is 502 g/mol. The van der Waals surface area contributed by atoms with E-state index in [1.807, 2.05) is 24.3 Å². The predicted octanol–water partition coefficient (Wildman–Crippen LogP) is 4.13. The lowest BCUT2D eigenvalue weighted by Gasteiger charge is -2.29. The fraction of sp³-hybridized carbons (Fsp3) is 0.360. The van der Waals surface area contributed by atoms with Gasteiger partial charge in [0.2, 0.25) is 5.91 Å². The van der Waals surface area contributed by atoms with Crippen molar-refractivity contribution in [3.05, 3.63) is 70.6 Å². The van der Waals surface area contributed by atoms with E-state index >= 15 is 0 Å². The lowest BCUT2D eigenvalue weighted by molar-refractivity contribution is -0.126. The molecule has 1 aromatic heterocycles. The molecule has 178 valence electrons. The summed E-state index contributed by atoms with van der Waals surface area (Å²) in [5.41, 5.74) is 3.44. The minimum atomic E-state index is -3.13. The van der Waals surface area contributed by atoms with Crippen LogP contribution in [-0.2, 0) is 27.5 Å².